The van der Waals surface area contributed by atoms with Gasteiger partial charge in [-0.2, -0.15) is 0 Å². The summed E-state index contributed by atoms with van der Waals surface area (Å²) in [5.74, 6) is 0.0353. The monoisotopic (exact) mass is 394 g/mol. The number of hydrogen-bond donors (Lipinski definition) is 2. The highest BCUT2D eigenvalue weighted by molar-refractivity contribution is 5.94. The number of benzene rings is 1. The Morgan fingerprint density at radius 1 is 1.24 bits per heavy atom. The highest BCUT2D eigenvalue weighted by Gasteiger charge is 2.40. The number of aryl methyl sites for hydroxylation is 1. The van der Waals surface area contributed by atoms with Crippen molar-refractivity contribution in [3.05, 3.63) is 59.4 Å². The van der Waals surface area contributed by atoms with Crippen molar-refractivity contribution in [1.82, 2.24) is 14.8 Å². The largest absolute Gasteiger partial charge is 0.382 e. The number of piperidine rings is 1. The number of likely N-dealkylation sites (tertiary alicyclic amines) is 2. The van der Waals surface area contributed by atoms with Crippen LogP contribution < -0.4 is 5.32 Å². The van der Waals surface area contributed by atoms with E-state index < -0.39 is 5.60 Å². The number of aliphatic hydroxyl groups is 1. The van der Waals surface area contributed by atoms with Crippen molar-refractivity contribution < 1.29 is 9.90 Å². The predicted molar refractivity (Wildman–Crippen MR) is 113 cm³/mol. The molecule has 6 heteroatoms. The van der Waals surface area contributed by atoms with Crippen molar-refractivity contribution in [3.8, 4) is 0 Å². The van der Waals surface area contributed by atoms with Gasteiger partial charge in [-0.3, -0.25) is 19.6 Å². The van der Waals surface area contributed by atoms with Gasteiger partial charge in [0, 0.05) is 31.5 Å². The van der Waals surface area contributed by atoms with Gasteiger partial charge in [0.25, 0.3) is 0 Å². The van der Waals surface area contributed by atoms with Crippen molar-refractivity contribution in [2.45, 2.75) is 44.4 Å². The smallest absolute Gasteiger partial charge is 0.241 e. The molecule has 154 valence electrons. The summed E-state index contributed by atoms with van der Waals surface area (Å²) in [5, 5.41) is 13.7. The Balaban J connectivity index is 1.41. The lowest BCUT2D eigenvalue weighted by atomic mass is 9.86. The fraction of sp³-hybridized carbons (Fsp3) is 0.478. The molecule has 2 aliphatic heterocycles. The molecule has 2 aliphatic rings. The molecule has 0 aliphatic carbocycles. The third-order valence-corrected chi connectivity index (χ3v) is 6.14. The van der Waals surface area contributed by atoms with Crippen LogP contribution in [0.4, 0.5) is 5.69 Å². The van der Waals surface area contributed by atoms with E-state index in [4.69, 9.17) is 0 Å². The number of hydrogen-bond acceptors (Lipinski definition) is 5. The Bertz CT molecular complexity index is 861. The van der Waals surface area contributed by atoms with Crippen LogP contribution in [0.15, 0.2) is 42.6 Å². The quantitative estimate of drug-likeness (QED) is 0.816. The first-order chi connectivity index (χ1) is 13.9. The summed E-state index contributed by atoms with van der Waals surface area (Å²) in [7, 11) is 1.99. The standard InChI is InChI=1S/C23H30N4O2/c1-17-6-5-12-24-20(17)14-27-13-4-3-7-21(27)22(28)25-19-10-8-18(9-11-19)23(29)15-26(2)16-23/h5-6,8-12,21,29H,3-4,7,13-16H2,1-2H3,(H,25,28)/t21-/m1/s1. The zero-order valence-corrected chi connectivity index (χ0v) is 17.3. The van der Waals surface area contributed by atoms with Gasteiger partial charge in [-0.15, -0.1) is 0 Å². The first-order valence-corrected chi connectivity index (χ1v) is 10.4. The third-order valence-electron chi connectivity index (χ3n) is 6.14. The number of nitrogens with one attached hydrogen (secondary N) is 1. The Morgan fingerprint density at radius 2 is 2.00 bits per heavy atom. The van der Waals surface area contributed by atoms with Gasteiger partial charge < -0.3 is 10.4 Å². The molecule has 4 rings (SSSR count). The molecule has 2 fully saturated rings. The minimum absolute atomic E-state index is 0.0353. The molecule has 0 radical (unpaired) electrons. The van der Waals surface area contributed by atoms with Crippen molar-refractivity contribution in [1.29, 1.82) is 0 Å². The molecule has 0 spiro atoms. The zero-order valence-electron chi connectivity index (χ0n) is 17.3. The summed E-state index contributed by atoms with van der Waals surface area (Å²) in [6.07, 6.45) is 4.85. The lowest BCUT2D eigenvalue weighted by Crippen LogP contribution is -2.57. The van der Waals surface area contributed by atoms with E-state index in [0.717, 1.165) is 48.3 Å². The number of anilines is 1. The maximum Gasteiger partial charge on any atom is 0.241 e. The number of likely N-dealkylation sites (N-methyl/N-ethyl adjacent to an activating group) is 1. The second-order valence-corrected chi connectivity index (χ2v) is 8.52. The van der Waals surface area contributed by atoms with E-state index >= 15 is 0 Å². The second-order valence-electron chi connectivity index (χ2n) is 8.52. The summed E-state index contributed by atoms with van der Waals surface area (Å²) in [6.45, 7) is 4.96. The van der Waals surface area contributed by atoms with Gasteiger partial charge in [-0.25, -0.2) is 0 Å². The molecule has 2 N–H and O–H groups in total. The average molecular weight is 395 g/mol. The Morgan fingerprint density at radius 3 is 2.69 bits per heavy atom. The van der Waals surface area contributed by atoms with Crippen LogP contribution in [0.5, 0.6) is 0 Å². The van der Waals surface area contributed by atoms with Gasteiger partial charge in [0.05, 0.1) is 11.7 Å². The fourth-order valence-corrected chi connectivity index (χ4v) is 4.47. The molecule has 1 aromatic carbocycles. The Labute approximate surface area is 172 Å². The Kier molecular flexibility index (Phi) is 5.67. The highest BCUT2D eigenvalue weighted by atomic mass is 16.3. The predicted octanol–water partition coefficient (Wildman–Crippen LogP) is 2.52. The molecular formula is C23H30N4O2. The van der Waals surface area contributed by atoms with Crippen molar-refractivity contribution in [2.24, 2.45) is 0 Å². The molecule has 0 unspecified atom stereocenters. The van der Waals surface area contributed by atoms with E-state index in [-0.39, 0.29) is 11.9 Å². The SMILES string of the molecule is Cc1cccnc1CN1CCCC[C@@H]1C(=O)Nc1ccc(C2(O)CN(C)C2)cc1. The van der Waals surface area contributed by atoms with Crippen LogP contribution in [0.3, 0.4) is 0 Å². The van der Waals surface area contributed by atoms with Gasteiger partial charge in [0.1, 0.15) is 5.60 Å². The van der Waals surface area contributed by atoms with Crippen LogP contribution in [0, 0.1) is 6.92 Å². The minimum atomic E-state index is -0.766. The first-order valence-electron chi connectivity index (χ1n) is 10.4. The second kappa shape index (κ2) is 8.22. The van der Waals surface area contributed by atoms with Crippen molar-refractivity contribution in [2.75, 3.05) is 32.0 Å². The molecule has 29 heavy (non-hydrogen) atoms. The van der Waals surface area contributed by atoms with E-state index in [1.165, 1.54) is 0 Å². The number of pyridine rings is 1. The number of carbonyl (C=O) groups is 1. The van der Waals surface area contributed by atoms with Crippen LogP contribution in [0.2, 0.25) is 0 Å². The van der Waals surface area contributed by atoms with Crippen molar-refractivity contribution >= 4 is 11.6 Å². The summed E-state index contributed by atoms with van der Waals surface area (Å²) in [6, 6.07) is 11.5. The fourth-order valence-electron chi connectivity index (χ4n) is 4.47. The number of β-amino-alcohol motifs (C(OH)–C–C–N with tert-alkyl or cyclic N) is 1. The minimum Gasteiger partial charge on any atom is -0.382 e. The Hall–Kier alpha value is -2.28. The first kappa shape index (κ1) is 20.0. The van der Waals surface area contributed by atoms with E-state index in [9.17, 15) is 9.90 Å². The van der Waals surface area contributed by atoms with E-state index in [1.54, 1.807) is 0 Å². The summed E-state index contributed by atoms with van der Waals surface area (Å²) < 4.78 is 0. The highest BCUT2D eigenvalue weighted by Crippen LogP contribution is 2.31. The van der Waals surface area contributed by atoms with Crippen LogP contribution in [-0.4, -0.2) is 58.5 Å². The number of nitrogens with zero attached hydrogens (tertiary/aromatic N) is 3. The summed E-state index contributed by atoms with van der Waals surface area (Å²) in [5.41, 5.74) is 3.11. The van der Waals surface area contributed by atoms with E-state index in [0.29, 0.717) is 19.6 Å². The van der Waals surface area contributed by atoms with Gasteiger partial charge in [-0.05, 0) is 62.7 Å². The normalized spacial score (nSPS) is 22.1. The molecule has 6 nitrogen and oxygen atoms in total. The lowest BCUT2D eigenvalue weighted by Gasteiger charge is -2.44. The van der Waals surface area contributed by atoms with Crippen LogP contribution >= 0.6 is 0 Å². The third kappa shape index (κ3) is 4.34. The molecule has 3 heterocycles. The van der Waals surface area contributed by atoms with Gasteiger partial charge in [0.2, 0.25) is 5.91 Å². The molecule has 1 amide bonds. The number of carbonyl (C=O) groups excluding carboxylic acids is 1. The van der Waals surface area contributed by atoms with E-state index in [2.05, 4.69) is 33.1 Å². The molecule has 1 atom stereocenters. The van der Waals surface area contributed by atoms with Crippen LogP contribution in [0.1, 0.15) is 36.1 Å². The van der Waals surface area contributed by atoms with Gasteiger partial charge in [-0.1, -0.05) is 24.6 Å². The lowest BCUT2D eigenvalue weighted by molar-refractivity contribution is -0.122. The number of amides is 1. The zero-order chi connectivity index (χ0) is 20.4. The van der Waals surface area contributed by atoms with Crippen molar-refractivity contribution in [3.63, 3.8) is 0 Å². The number of rotatable bonds is 5. The summed E-state index contributed by atoms with van der Waals surface area (Å²) in [4.78, 5) is 21.8. The average Bonchev–Trinajstić information content (AvgIpc) is 2.69. The molecule has 2 saturated heterocycles. The molecular weight excluding hydrogens is 364 g/mol. The molecule has 2 aromatic rings. The molecule has 1 aromatic heterocycles. The number of aromatic nitrogens is 1. The molecule has 0 bridgehead atoms. The van der Waals surface area contributed by atoms with Crippen LogP contribution in [-0.2, 0) is 16.9 Å². The van der Waals surface area contributed by atoms with Gasteiger partial charge >= 0.3 is 0 Å². The van der Waals surface area contributed by atoms with Crippen LogP contribution in [0.25, 0.3) is 0 Å². The summed E-state index contributed by atoms with van der Waals surface area (Å²) >= 11 is 0. The van der Waals surface area contributed by atoms with Gasteiger partial charge in [0.15, 0.2) is 0 Å². The maximum absolute atomic E-state index is 13.0. The van der Waals surface area contributed by atoms with E-state index in [1.807, 2.05) is 43.6 Å². The topological polar surface area (TPSA) is 68.7 Å². The maximum atomic E-state index is 13.0. The molecule has 0 saturated carbocycles.